The molecule has 6 aromatic carbocycles. The van der Waals surface area contributed by atoms with E-state index in [1.165, 1.54) is 0 Å². The molecule has 2 unspecified atom stereocenters. The third-order valence-corrected chi connectivity index (χ3v) is 12.3. The van der Waals surface area contributed by atoms with Crippen LogP contribution in [0.4, 0.5) is 9.59 Å². The zero-order valence-electron chi connectivity index (χ0n) is 36.3. The maximum Gasteiger partial charge on any atom is 0.408 e. The largest absolute Gasteiger partial charge is 0.436 e. The number of carbonyl (C=O) groups excluding carboxylic acids is 3. The highest BCUT2D eigenvalue weighted by atomic mass is 16.6. The Hall–Kier alpha value is -6.71. The maximum absolute atomic E-state index is 13.5. The average Bonchev–Trinajstić information content (AvgIpc) is 3.81. The summed E-state index contributed by atoms with van der Waals surface area (Å²) in [5.74, 6) is -0.219. The van der Waals surface area contributed by atoms with Gasteiger partial charge in [-0.1, -0.05) is 190 Å². The molecule has 2 aliphatic carbocycles. The highest BCUT2D eigenvalue weighted by Crippen LogP contribution is 2.46. The zero-order chi connectivity index (χ0) is 43.9. The summed E-state index contributed by atoms with van der Waals surface area (Å²) in [7, 11) is 0. The molecular formula is C55H58N4O5. The first-order valence-electron chi connectivity index (χ1n) is 22.9. The summed E-state index contributed by atoms with van der Waals surface area (Å²) in [5, 5.41) is 12.7. The van der Waals surface area contributed by atoms with Gasteiger partial charge in [0.15, 0.2) is 12.2 Å². The molecule has 0 spiro atoms. The van der Waals surface area contributed by atoms with Crippen molar-refractivity contribution in [3.8, 4) is 22.3 Å². The molecular weight excluding hydrogens is 797 g/mol. The van der Waals surface area contributed by atoms with E-state index in [-0.39, 0.29) is 11.9 Å². The van der Waals surface area contributed by atoms with E-state index in [4.69, 9.17) is 9.47 Å². The molecule has 0 aliphatic heterocycles. The summed E-state index contributed by atoms with van der Waals surface area (Å²) in [6, 6.07) is 51.2. The fraction of sp³-hybridized carbons (Fsp3) is 0.291. The van der Waals surface area contributed by atoms with Gasteiger partial charge in [-0.3, -0.25) is 4.79 Å². The highest BCUT2D eigenvalue weighted by molar-refractivity contribution is 5.86. The first kappa shape index (κ1) is 43.9. The minimum atomic E-state index is -0.776. The van der Waals surface area contributed by atoms with Crippen molar-refractivity contribution < 1.29 is 23.9 Å². The number of carbonyl (C=O) groups is 3. The molecule has 0 saturated heterocycles. The summed E-state index contributed by atoms with van der Waals surface area (Å²) >= 11 is 0. The van der Waals surface area contributed by atoms with Gasteiger partial charge in [0.05, 0.1) is 0 Å². The molecule has 8 rings (SSSR count). The van der Waals surface area contributed by atoms with Crippen molar-refractivity contribution in [1.82, 2.24) is 21.3 Å². The highest BCUT2D eigenvalue weighted by Gasteiger charge is 2.33. The van der Waals surface area contributed by atoms with Crippen molar-refractivity contribution in [1.29, 1.82) is 0 Å². The van der Waals surface area contributed by atoms with Gasteiger partial charge in [-0.05, 0) is 59.2 Å². The van der Waals surface area contributed by atoms with Gasteiger partial charge in [0.25, 0.3) is 0 Å². The third kappa shape index (κ3) is 11.3. The molecule has 2 aliphatic rings. The maximum atomic E-state index is 13.5. The van der Waals surface area contributed by atoms with Gasteiger partial charge in [-0.15, -0.1) is 0 Å². The van der Waals surface area contributed by atoms with Crippen molar-refractivity contribution >= 4 is 18.1 Å². The lowest BCUT2D eigenvalue weighted by atomic mass is 10.1. The predicted octanol–water partition coefficient (Wildman–Crippen LogP) is 10.6. The summed E-state index contributed by atoms with van der Waals surface area (Å²) in [6.07, 6.45) is 6.44. The van der Waals surface area contributed by atoms with Gasteiger partial charge >= 0.3 is 12.2 Å². The lowest BCUT2D eigenvalue weighted by Gasteiger charge is -2.22. The molecule has 328 valence electrons. The van der Waals surface area contributed by atoms with Crippen LogP contribution in [-0.4, -0.2) is 49.8 Å². The van der Waals surface area contributed by atoms with E-state index in [1.807, 2.05) is 133 Å². The molecule has 64 heavy (non-hydrogen) atoms. The number of hydrogen-bond donors (Lipinski definition) is 4. The normalized spacial score (nSPS) is 13.4. The van der Waals surface area contributed by atoms with Crippen molar-refractivity contribution in [2.75, 3.05) is 19.6 Å². The van der Waals surface area contributed by atoms with Crippen LogP contribution in [0.25, 0.3) is 22.3 Å². The number of ether oxygens (including phenoxy) is 2. The van der Waals surface area contributed by atoms with E-state index >= 15 is 0 Å². The van der Waals surface area contributed by atoms with Gasteiger partial charge in [0.1, 0.15) is 6.04 Å². The van der Waals surface area contributed by atoms with E-state index in [0.29, 0.717) is 25.9 Å². The van der Waals surface area contributed by atoms with Crippen molar-refractivity contribution in [2.45, 2.75) is 82.1 Å². The van der Waals surface area contributed by atoms with Gasteiger partial charge < -0.3 is 30.7 Å². The Balaban J connectivity index is 0.729. The van der Waals surface area contributed by atoms with Crippen LogP contribution in [0.15, 0.2) is 158 Å². The minimum absolute atomic E-state index is 0.131. The molecule has 6 aromatic rings. The number of hydrogen-bond acceptors (Lipinski definition) is 6. The molecule has 3 amide bonds. The summed E-state index contributed by atoms with van der Waals surface area (Å²) in [6.45, 7) is 2.05. The molecule has 0 aromatic heterocycles. The van der Waals surface area contributed by atoms with Crippen LogP contribution in [0.3, 0.4) is 0 Å². The van der Waals surface area contributed by atoms with Crippen LogP contribution < -0.4 is 21.3 Å². The Bertz CT molecular complexity index is 2390. The molecule has 2 atom stereocenters. The molecule has 0 radical (unpaired) electrons. The van der Waals surface area contributed by atoms with Gasteiger partial charge in [0, 0.05) is 47.8 Å². The Kier molecular flexibility index (Phi) is 15.1. The van der Waals surface area contributed by atoms with Crippen molar-refractivity contribution in [2.24, 2.45) is 0 Å². The van der Waals surface area contributed by atoms with Crippen LogP contribution in [0.1, 0.15) is 90.5 Å². The minimum Gasteiger partial charge on any atom is -0.436 e. The van der Waals surface area contributed by atoms with Crippen LogP contribution in [0, 0.1) is 0 Å². The Morgan fingerprint density at radius 1 is 0.438 bits per heavy atom. The summed E-state index contributed by atoms with van der Waals surface area (Å²) in [5.41, 5.74) is 10.3. The quantitative estimate of drug-likeness (QED) is 0.0536. The predicted molar refractivity (Wildman–Crippen MR) is 253 cm³/mol. The van der Waals surface area contributed by atoms with Crippen molar-refractivity contribution in [3.63, 3.8) is 0 Å². The fourth-order valence-corrected chi connectivity index (χ4v) is 9.07. The number of alkyl carbamates (subject to hydrolysis) is 2. The summed E-state index contributed by atoms with van der Waals surface area (Å²) < 4.78 is 12.1. The van der Waals surface area contributed by atoms with Crippen molar-refractivity contribution in [3.05, 3.63) is 191 Å². The number of fused-ring (bicyclic) bond motifs is 6. The molecule has 0 fully saturated rings. The van der Waals surface area contributed by atoms with Gasteiger partial charge in [-0.2, -0.15) is 0 Å². The van der Waals surface area contributed by atoms with Crippen LogP contribution in [0.5, 0.6) is 0 Å². The monoisotopic (exact) mass is 854 g/mol. The SMILES string of the molecule is O=C(NC(CNCCCCCCCCCNC(=O)C(Cc1ccccc1)NC(=O)OC1c2ccccc2-c2ccccc21)Cc1ccccc1)OC1c2ccccc2-c2ccccc21. The second kappa shape index (κ2) is 22.1. The van der Waals surface area contributed by atoms with E-state index in [1.54, 1.807) is 0 Å². The van der Waals surface area contributed by atoms with Gasteiger partial charge in [-0.25, -0.2) is 9.59 Å². The average molecular weight is 855 g/mol. The van der Waals surface area contributed by atoms with Gasteiger partial charge in [0.2, 0.25) is 5.91 Å². The van der Waals surface area contributed by atoms with E-state index in [2.05, 4.69) is 45.5 Å². The molecule has 4 N–H and O–H groups in total. The fourth-order valence-electron chi connectivity index (χ4n) is 9.07. The molecule has 0 heterocycles. The topological polar surface area (TPSA) is 118 Å². The first-order chi connectivity index (χ1) is 31.5. The smallest absolute Gasteiger partial charge is 0.408 e. The van der Waals surface area contributed by atoms with E-state index < -0.39 is 30.4 Å². The second-order valence-electron chi connectivity index (χ2n) is 16.8. The van der Waals surface area contributed by atoms with Crippen LogP contribution in [0.2, 0.25) is 0 Å². The molecule has 0 saturated carbocycles. The van der Waals surface area contributed by atoms with E-state index in [9.17, 15) is 14.4 Å². The Morgan fingerprint density at radius 2 is 0.828 bits per heavy atom. The summed E-state index contributed by atoms with van der Waals surface area (Å²) in [4.78, 5) is 40.3. The molecule has 9 heteroatoms. The second-order valence-corrected chi connectivity index (χ2v) is 16.8. The lowest BCUT2D eigenvalue weighted by molar-refractivity contribution is -0.123. The van der Waals surface area contributed by atoms with Crippen LogP contribution >= 0.6 is 0 Å². The molecule has 9 nitrogen and oxygen atoms in total. The number of nitrogens with one attached hydrogen (secondary N) is 4. The lowest BCUT2D eigenvalue weighted by Crippen LogP contribution is -2.48. The third-order valence-electron chi connectivity index (χ3n) is 12.3. The number of rotatable bonds is 21. The zero-order valence-corrected chi connectivity index (χ0v) is 36.3. The van der Waals surface area contributed by atoms with E-state index in [0.717, 1.165) is 107 Å². The Labute approximate surface area is 377 Å². The number of unbranched alkanes of at least 4 members (excludes halogenated alkanes) is 6. The first-order valence-corrected chi connectivity index (χ1v) is 22.9. The number of benzene rings is 6. The standard InChI is InChI=1S/C55H58N4O5/c60-53(50(37-40-24-10-7-11-25-40)59-55(62)64-52-48-32-18-14-28-44(48)45-29-15-19-33-49(45)52)57-35-21-5-3-1-2-4-20-34-56-38-41(36-39-22-8-6-9-23-39)58-54(61)63-51-46-30-16-12-26-42(46)43-27-13-17-31-47(43)51/h6-19,22-33,41,50-52,56H,1-5,20-21,34-38H2,(H,57,60)(H,58,61)(H,59,62). The molecule has 0 bridgehead atoms. The van der Waals surface area contributed by atoms with Crippen LogP contribution in [-0.2, 0) is 27.1 Å². The number of amides is 3. The Morgan fingerprint density at radius 3 is 1.31 bits per heavy atom.